The molecular formula is C23H35N3O5. The smallest absolute Gasteiger partial charge is 0.413 e. The van der Waals surface area contributed by atoms with Crippen molar-refractivity contribution >= 4 is 18.0 Å². The predicted molar refractivity (Wildman–Crippen MR) is 118 cm³/mol. The van der Waals surface area contributed by atoms with Crippen LogP contribution in [-0.2, 0) is 15.0 Å². The standard InChI is InChI=1S/C23H35N3O5/c1-5-23(11-6-7-12-26(4)15-23)17-9-8-10-18(13-17)31-22(30)25-20(16(2)3)21(29)24-14-19(27)28/h8-10,13,16,20H,5-7,11-12,14-15H2,1-4H3,(H,24,29)(H,25,30)(H,27,28)/t20-,23?/m1/s1. The lowest BCUT2D eigenvalue weighted by Crippen LogP contribution is -2.51. The number of carboxylic acids is 1. The number of nitrogens with zero attached hydrogens (tertiary/aromatic N) is 1. The predicted octanol–water partition coefficient (Wildman–Crippen LogP) is 2.76. The van der Waals surface area contributed by atoms with Crippen molar-refractivity contribution in [3.05, 3.63) is 29.8 Å². The third-order valence-corrected chi connectivity index (χ3v) is 5.99. The first-order chi connectivity index (χ1) is 14.7. The highest BCUT2D eigenvalue weighted by molar-refractivity contribution is 5.88. The zero-order valence-electron chi connectivity index (χ0n) is 18.9. The van der Waals surface area contributed by atoms with Crippen LogP contribution in [0.5, 0.6) is 5.75 Å². The van der Waals surface area contributed by atoms with Crippen molar-refractivity contribution in [3.63, 3.8) is 0 Å². The normalized spacial score (nSPS) is 20.5. The van der Waals surface area contributed by atoms with Gasteiger partial charge in [-0.25, -0.2) is 4.79 Å². The van der Waals surface area contributed by atoms with Gasteiger partial charge in [0.15, 0.2) is 0 Å². The van der Waals surface area contributed by atoms with Gasteiger partial charge in [-0.2, -0.15) is 0 Å². The molecule has 2 amide bonds. The van der Waals surface area contributed by atoms with E-state index in [0.29, 0.717) is 5.75 Å². The van der Waals surface area contributed by atoms with E-state index in [1.54, 1.807) is 19.9 Å². The molecule has 1 aliphatic heterocycles. The Bertz CT molecular complexity index is 782. The maximum atomic E-state index is 12.5. The number of hydrogen-bond donors (Lipinski definition) is 3. The number of likely N-dealkylation sites (N-methyl/N-ethyl adjacent to an activating group) is 1. The van der Waals surface area contributed by atoms with Crippen molar-refractivity contribution < 1.29 is 24.2 Å². The van der Waals surface area contributed by atoms with E-state index in [1.165, 1.54) is 6.42 Å². The fourth-order valence-corrected chi connectivity index (χ4v) is 4.21. The summed E-state index contributed by atoms with van der Waals surface area (Å²) in [5.74, 6) is -1.53. The number of hydrogen-bond acceptors (Lipinski definition) is 5. The molecule has 1 unspecified atom stereocenters. The molecule has 0 saturated carbocycles. The number of likely N-dealkylation sites (tertiary alicyclic amines) is 1. The van der Waals surface area contributed by atoms with Crippen LogP contribution in [0.15, 0.2) is 24.3 Å². The maximum Gasteiger partial charge on any atom is 0.413 e. The minimum absolute atomic E-state index is 0.0122. The van der Waals surface area contributed by atoms with E-state index in [4.69, 9.17) is 9.84 Å². The van der Waals surface area contributed by atoms with E-state index in [2.05, 4.69) is 35.6 Å². The average Bonchev–Trinajstić information content (AvgIpc) is 2.92. The molecule has 172 valence electrons. The zero-order valence-corrected chi connectivity index (χ0v) is 18.9. The summed E-state index contributed by atoms with van der Waals surface area (Å²) in [5, 5.41) is 13.6. The number of benzene rings is 1. The van der Waals surface area contributed by atoms with Gasteiger partial charge in [0.2, 0.25) is 5.91 Å². The van der Waals surface area contributed by atoms with E-state index in [1.807, 2.05) is 12.1 Å². The SMILES string of the molecule is CCC1(c2cccc(OC(=O)N[C@@H](C(=O)NCC(=O)O)C(C)C)c2)CCCCN(C)C1. The van der Waals surface area contributed by atoms with Crippen LogP contribution in [-0.4, -0.2) is 60.7 Å². The molecule has 1 saturated heterocycles. The van der Waals surface area contributed by atoms with Crippen LogP contribution < -0.4 is 15.4 Å². The molecule has 0 aromatic heterocycles. The zero-order chi connectivity index (χ0) is 23.0. The molecule has 1 fully saturated rings. The number of amides is 2. The number of carbonyl (C=O) groups is 3. The Kier molecular flexibility index (Phi) is 8.86. The fourth-order valence-electron chi connectivity index (χ4n) is 4.21. The van der Waals surface area contributed by atoms with Crippen molar-refractivity contribution in [2.45, 2.75) is 57.9 Å². The Labute approximate surface area is 184 Å². The first kappa shape index (κ1) is 24.7. The van der Waals surface area contributed by atoms with Crippen molar-refractivity contribution in [1.29, 1.82) is 0 Å². The molecule has 1 aromatic carbocycles. The van der Waals surface area contributed by atoms with E-state index < -0.39 is 30.6 Å². The second-order valence-electron chi connectivity index (χ2n) is 8.72. The Hall–Kier alpha value is -2.61. The molecule has 0 aliphatic carbocycles. The molecule has 1 heterocycles. The summed E-state index contributed by atoms with van der Waals surface area (Å²) >= 11 is 0. The molecule has 8 nitrogen and oxygen atoms in total. The van der Waals surface area contributed by atoms with Crippen LogP contribution in [0.3, 0.4) is 0 Å². The number of ether oxygens (including phenoxy) is 1. The maximum absolute atomic E-state index is 12.5. The van der Waals surface area contributed by atoms with Crippen LogP contribution >= 0.6 is 0 Å². The minimum atomic E-state index is -1.15. The Morgan fingerprint density at radius 1 is 1.26 bits per heavy atom. The molecule has 2 atom stereocenters. The van der Waals surface area contributed by atoms with E-state index in [-0.39, 0.29) is 11.3 Å². The van der Waals surface area contributed by atoms with Crippen LogP contribution in [0.2, 0.25) is 0 Å². The van der Waals surface area contributed by atoms with Crippen molar-refractivity contribution in [1.82, 2.24) is 15.5 Å². The number of nitrogens with one attached hydrogen (secondary N) is 2. The van der Waals surface area contributed by atoms with E-state index >= 15 is 0 Å². The van der Waals surface area contributed by atoms with Crippen LogP contribution in [0.4, 0.5) is 4.79 Å². The van der Waals surface area contributed by atoms with E-state index in [0.717, 1.165) is 37.9 Å². The van der Waals surface area contributed by atoms with Gasteiger partial charge in [-0.15, -0.1) is 0 Å². The topological polar surface area (TPSA) is 108 Å². The van der Waals surface area contributed by atoms with Gasteiger partial charge in [0, 0.05) is 12.0 Å². The highest BCUT2D eigenvalue weighted by Crippen LogP contribution is 2.37. The van der Waals surface area contributed by atoms with Crippen molar-refractivity contribution in [2.75, 3.05) is 26.7 Å². The second kappa shape index (κ2) is 11.1. The lowest BCUT2D eigenvalue weighted by molar-refractivity contribution is -0.138. The summed E-state index contributed by atoms with van der Waals surface area (Å²) < 4.78 is 5.49. The molecule has 0 radical (unpaired) electrons. The minimum Gasteiger partial charge on any atom is -0.480 e. The molecule has 1 aromatic rings. The molecule has 0 spiro atoms. The lowest BCUT2D eigenvalue weighted by Gasteiger charge is -2.35. The average molecular weight is 434 g/mol. The third-order valence-electron chi connectivity index (χ3n) is 5.99. The molecule has 3 N–H and O–H groups in total. The largest absolute Gasteiger partial charge is 0.480 e. The van der Waals surface area contributed by atoms with Gasteiger partial charge in [0.05, 0.1) is 0 Å². The first-order valence-electron chi connectivity index (χ1n) is 10.9. The number of rotatable bonds is 8. The number of carbonyl (C=O) groups excluding carboxylic acids is 2. The van der Waals surface area contributed by atoms with Gasteiger partial charge in [-0.1, -0.05) is 39.3 Å². The summed E-state index contributed by atoms with van der Waals surface area (Å²) in [6.07, 6.45) is 3.67. The lowest BCUT2D eigenvalue weighted by atomic mass is 9.74. The van der Waals surface area contributed by atoms with Gasteiger partial charge in [0.25, 0.3) is 0 Å². The Morgan fingerprint density at radius 2 is 2.00 bits per heavy atom. The second-order valence-corrected chi connectivity index (χ2v) is 8.72. The molecule has 31 heavy (non-hydrogen) atoms. The molecule has 1 aliphatic rings. The first-order valence-corrected chi connectivity index (χ1v) is 10.9. The van der Waals surface area contributed by atoms with Gasteiger partial charge in [-0.05, 0) is 56.5 Å². The monoisotopic (exact) mass is 433 g/mol. The van der Waals surface area contributed by atoms with Gasteiger partial charge in [-0.3, -0.25) is 9.59 Å². The van der Waals surface area contributed by atoms with Crippen molar-refractivity contribution in [2.24, 2.45) is 5.92 Å². The van der Waals surface area contributed by atoms with Crippen LogP contribution in [0.1, 0.15) is 52.0 Å². The highest BCUT2D eigenvalue weighted by atomic mass is 16.6. The Balaban J connectivity index is 2.11. The third kappa shape index (κ3) is 6.95. The summed E-state index contributed by atoms with van der Waals surface area (Å²) in [6.45, 7) is 7.26. The van der Waals surface area contributed by atoms with Crippen LogP contribution in [0.25, 0.3) is 0 Å². The van der Waals surface area contributed by atoms with Crippen molar-refractivity contribution in [3.8, 4) is 5.75 Å². The van der Waals surface area contributed by atoms with Gasteiger partial charge in [0.1, 0.15) is 18.3 Å². The molecule has 8 heteroatoms. The van der Waals surface area contributed by atoms with Gasteiger partial charge < -0.3 is 25.4 Å². The summed E-state index contributed by atoms with van der Waals surface area (Å²) in [7, 11) is 2.14. The summed E-state index contributed by atoms with van der Waals surface area (Å²) in [5.41, 5.74) is 1.16. The van der Waals surface area contributed by atoms with Gasteiger partial charge >= 0.3 is 12.1 Å². The Morgan fingerprint density at radius 3 is 2.65 bits per heavy atom. The summed E-state index contributed by atoms with van der Waals surface area (Å²) in [6, 6.07) is 6.72. The number of aliphatic carboxylic acids is 1. The van der Waals surface area contributed by atoms with E-state index in [9.17, 15) is 14.4 Å². The van der Waals surface area contributed by atoms with Crippen LogP contribution in [0, 0.1) is 5.92 Å². The highest BCUT2D eigenvalue weighted by Gasteiger charge is 2.33. The quantitative estimate of drug-likeness (QED) is 0.582. The molecular weight excluding hydrogens is 398 g/mol. The molecule has 2 rings (SSSR count). The molecule has 0 bridgehead atoms. The fraction of sp³-hybridized carbons (Fsp3) is 0.609. The number of carboxylic acid groups (broad SMARTS) is 1. The summed E-state index contributed by atoms with van der Waals surface area (Å²) in [4.78, 5) is 37.8.